The second kappa shape index (κ2) is 7.75. The average molecular weight is 334 g/mol. The molecule has 1 N–H and O–H groups in total. The van der Waals surface area contributed by atoms with E-state index >= 15 is 0 Å². The topological polar surface area (TPSA) is 58.6 Å². The second-order valence-electron chi connectivity index (χ2n) is 6.48. The molecule has 1 saturated heterocycles. The van der Waals surface area contributed by atoms with Gasteiger partial charge in [-0.15, -0.1) is 0 Å². The summed E-state index contributed by atoms with van der Waals surface area (Å²) in [5, 5.41) is 2.83. The Kier molecular flexibility index (Phi) is 5.45. The minimum Gasteiger partial charge on any atom is -0.378 e. The molecular formula is C18H23FN2O3. The smallest absolute Gasteiger partial charge is 0.227 e. The third kappa shape index (κ3) is 4.12. The number of hydrogen-bond acceptors (Lipinski definition) is 3. The number of rotatable bonds is 3. The van der Waals surface area contributed by atoms with Gasteiger partial charge in [-0.05, 0) is 49.9 Å². The number of amides is 2. The Hall–Kier alpha value is -1.95. The predicted octanol–water partition coefficient (Wildman–Crippen LogP) is 2.43. The molecule has 0 spiro atoms. The Bertz CT molecular complexity index is 576. The summed E-state index contributed by atoms with van der Waals surface area (Å²) in [5.41, 5.74) is 0.605. The van der Waals surface area contributed by atoms with Gasteiger partial charge < -0.3 is 15.0 Å². The Labute approximate surface area is 141 Å². The number of benzene rings is 1. The summed E-state index contributed by atoms with van der Waals surface area (Å²) >= 11 is 0. The van der Waals surface area contributed by atoms with Gasteiger partial charge in [0.15, 0.2) is 0 Å². The van der Waals surface area contributed by atoms with Crippen LogP contribution in [0.5, 0.6) is 0 Å². The Morgan fingerprint density at radius 2 is 1.58 bits per heavy atom. The van der Waals surface area contributed by atoms with Crippen LogP contribution in [-0.2, 0) is 14.3 Å². The van der Waals surface area contributed by atoms with Crippen LogP contribution in [0.1, 0.15) is 25.7 Å². The predicted molar refractivity (Wildman–Crippen MR) is 87.9 cm³/mol. The normalized spacial score (nSPS) is 24.5. The molecule has 24 heavy (non-hydrogen) atoms. The van der Waals surface area contributed by atoms with E-state index in [-0.39, 0.29) is 29.5 Å². The van der Waals surface area contributed by atoms with Crippen molar-refractivity contribution in [3.05, 3.63) is 30.1 Å². The molecule has 2 fully saturated rings. The van der Waals surface area contributed by atoms with E-state index in [1.807, 2.05) is 4.90 Å². The van der Waals surface area contributed by atoms with Crippen molar-refractivity contribution in [3.8, 4) is 0 Å². The van der Waals surface area contributed by atoms with Crippen LogP contribution < -0.4 is 5.32 Å². The lowest BCUT2D eigenvalue weighted by Crippen LogP contribution is -2.44. The van der Waals surface area contributed by atoms with Gasteiger partial charge in [0.05, 0.1) is 13.2 Å². The van der Waals surface area contributed by atoms with Crippen LogP contribution in [0.25, 0.3) is 0 Å². The molecule has 3 rings (SSSR count). The molecule has 1 saturated carbocycles. The zero-order chi connectivity index (χ0) is 16.9. The third-order valence-electron chi connectivity index (χ3n) is 4.88. The van der Waals surface area contributed by atoms with Crippen molar-refractivity contribution < 1.29 is 18.7 Å². The summed E-state index contributed by atoms with van der Waals surface area (Å²) in [6.07, 6.45) is 2.93. The lowest BCUT2D eigenvalue weighted by molar-refractivity contribution is -0.141. The first-order chi connectivity index (χ1) is 11.6. The van der Waals surface area contributed by atoms with Crippen molar-refractivity contribution in [2.45, 2.75) is 25.7 Å². The van der Waals surface area contributed by atoms with Gasteiger partial charge in [0.1, 0.15) is 5.82 Å². The van der Waals surface area contributed by atoms with Crippen molar-refractivity contribution in [2.75, 3.05) is 31.6 Å². The lowest BCUT2D eigenvalue weighted by atomic mass is 9.81. The molecule has 6 heteroatoms. The maximum absolute atomic E-state index is 12.9. The first kappa shape index (κ1) is 16.9. The summed E-state index contributed by atoms with van der Waals surface area (Å²) in [6, 6.07) is 5.77. The van der Waals surface area contributed by atoms with Gasteiger partial charge in [-0.3, -0.25) is 9.59 Å². The maximum Gasteiger partial charge on any atom is 0.227 e. The van der Waals surface area contributed by atoms with E-state index < -0.39 is 0 Å². The van der Waals surface area contributed by atoms with Crippen molar-refractivity contribution in [1.29, 1.82) is 0 Å². The number of carbonyl (C=O) groups is 2. The molecule has 0 bridgehead atoms. The summed E-state index contributed by atoms with van der Waals surface area (Å²) in [5.74, 6) is -0.216. The largest absolute Gasteiger partial charge is 0.378 e. The summed E-state index contributed by atoms with van der Waals surface area (Å²) in [7, 11) is 0. The number of nitrogens with one attached hydrogen (secondary N) is 1. The van der Waals surface area contributed by atoms with E-state index in [2.05, 4.69) is 5.32 Å². The highest BCUT2D eigenvalue weighted by molar-refractivity contribution is 5.92. The van der Waals surface area contributed by atoms with Gasteiger partial charge in [0.25, 0.3) is 0 Å². The van der Waals surface area contributed by atoms with E-state index in [4.69, 9.17) is 4.74 Å². The number of halogens is 1. The number of anilines is 1. The first-order valence-corrected chi connectivity index (χ1v) is 8.56. The van der Waals surface area contributed by atoms with Crippen LogP contribution in [0.4, 0.5) is 10.1 Å². The molecule has 2 aliphatic rings. The molecule has 130 valence electrons. The molecule has 2 amide bonds. The molecule has 1 aliphatic carbocycles. The molecule has 1 heterocycles. The minimum absolute atomic E-state index is 0.0259. The second-order valence-corrected chi connectivity index (χ2v) is 6.48. The van der Waals surface area contributed by atoms with Crippen molar-refractivity contribution in [2.24, 2.45) is 11.8 Å². The molecule has 0 unspecified atom stereocenters. The molecule has 1 aromatic rings. The first-order valence-electron chi connectivity index (χ1n) is 8.56. The van der Waals surface area contributed by atoms with E-state index in [0.29, 0.717) is 44.8 Å². The standard InChI is InChI=1S/C18H23FN2O3/c19-15-5-7-16(8-6-15)20-17(22)13-1-3-14(4-2-13)18(23)21-9-11-24-12-10-21/h5-8,13-14H,1-4,9-12H2,(H,20,22). The fraction of sp³-hybridized carbons (Fsp3) is 0.556. The third-order valence-corrected chi connectivity index (χ3v) is 4.88. The average Bonchev–Trinajstić information content (AvgIpc) is 2.64. The fourth-order valence-corrected chi connectivity index (χ4v) is 3.42. The number of ether oxygens (including phenoxy) is 1. The van der Waals surface area contributed by atoms with E-state index in [1.165, 1.54) is 12.1 Å². The summed E-state index contributed by atoms with van der Waals surface area (Å²) in [4.78, 5) is 26.7. The van der Waals surface area contributed by atoms with Crippen LogP contribution in [0, 0.1) is 17.7 Å². The van der Waals surface area contributed by atoms with Gasteiger partial charge in [-0.2, -0.15) is 0 Å². The molecule has 0 aromatic heterocycles. The molecule has 5 nitrogen and oxygen atoms in total. The number of morpholine rings is 1. The van der Waals surface area contributed by atoms with Crippen LogP contribution in [0.15, 0.2) is 24.3 Å². The molecule has 0 radical (unpaired) electrons. The van der Waals surface area contributed by atoms with E-state index in [1.54, 1.807) is 12.1 Å². The molecule has 1 aliphatic heterocycles. The van der Waals surface area contributed by atoms with E-state index in [0.717, 1.165) is 12.8 Å². The number of carbonyl (C=O) groups excluding carboxylic acids is 2. The zero-order valence-corrected chi connectivity index (χ0v) is 13.7. The Balaban J connectivity index is 1.48. The van der Waals surface area contributed by atoms with Crippen LogP contribution in [-0.4, -0.2) is 43.0 Å². The highest BCUT2D eigenvalue weighted by Gasteiger charge is 2.32. The summed E-state index contributed by atoms with van der Waals surface area (Å²) < 4.78 is 18.2. The van der Waals surface area contributed by atoms with Gasteiger partial charge in [0, 0.05) is 30.6 Å². The number of hydrogen-bond donors (Lipinski definition) is 1. The van der Waals surface area contributed by atoms with Gasteiger partial charge in [0.2, 0.25) is 11.8 Å². The lowest BCUT2D eigenvalue weighted by Gasteiger charge is -2.33. The minimum atomic E-state index is -0.324. The number of nitrogens with zero attached hydrogens (tertiary/aromatic N) is 1. The monoisotopic (exact) mass is 334 g/mol. The highest BCUT2D eigenvalue weighted by atomic mass is 19.1. The fourth-order valence-electron chi connectivity index (χ4n) is 3.42. The van der Waals surface area contributed by atoms with Crippen LogP contribution in [0.2, 0.25) is 0 Å². The van der Waals surface area contributed by atoms with Gasteiger partial charge >= 0.3 is 0 Å². The van der Waals surface area contributed by atoms with Gasteiger partial charge in [-0.25, -0.2) is 4.39 Å². The maximum atomic E-state index is 12.9. The zero-order valence-electron chi connectivity index (χ0n) is 13.7. The Morgan fingerprint density at radius 1 is 1.00 bits per heavy atom. The quantitative estimate of drug-likeness (QED) is 0.924. The van der Waals surface area contributed by atoms with Crippen LogP contribution in [0.3, 0.4) is 0 Å². The molecule has 1 aromatic carbocycles. The van der Waals surface area contributed by atoms with E-state index in [9.17, 15) is 14.0 Å². The van der Waals surface area contributed by atoms with Crippen LogP contribution >= 0.6 is 0 Å². The van der Waals surface area contributed by atoms with Crippen molar-refractivity contribution in [3.63, 3.8) is 0 Å². The Morgan fingerprint density at radius 3 is 2.21 bits per heavy atom. The summed E-state index contributed by atoms with van der Waals surface area (Å²) in [6.45, 7) is 2.57. The van der Waals surface area contributed by atoms with Gasteiger partial charge in [-0.1, -0.05) is 0 Å². The SMILES string of the molecule is O=C(Nc1ccc(F)cc1)C1CCC(C(=O)N2CCOCC2)CC1. The van der Waals surface area contributed by atoms with Crippen molar-refractivity contribution in [1.82, 2.24) is 4.90 Å². The molecule has 0 atom stereocenters. The highest BCUT2D eigenvalue weighted by Crippen LogP contribution is 2.31. The molecular weight excluding hydrogens is 311 g/mol. The van der Waals surface area contributed by atoms with Crippen molar-refractivity contribution >= 4 is 17.5 Å².